The molecule has 2 amide bonds. The Balaban J connectivity index is 1.13. The first kappa shape index (κ1) is 25.1. The number of aromatic nitrogens is 1. The van der Waals surface area contributed by atoms with Crippen LogP contribution in [0.25, 0.3) is 10.9 Å². The smallest absolute Gasteiger partial charge is 0.414 e. The Hall–Kier alpha value is -3.54. The Labute approximate surface area is 217 Å². The zero-order valence-electron chi connectivity index (χ0n) is 20.3. The van der Waals surface area contributed by atoms with Crippen LogP contribution in [0.4, 0.5) is 16.2 Å². The van der Waals surface area contributed by atoms with Crippen molar-refractivity contribution in [3.63, 3.8) is 0 Å². The van der Waals surface area contributed by atoms with E-state index in [9.17, 15) is 19.5 Å². The highest BCUT2D eigenvalue weighted by molar-refractivity contribution is 8.00. The fraction of sp³-hybridized carbons (Fsp3) is 0.346. The summed E-state index contributed by atoms with van der Waals surface area (Å²) in [4.78, 5) is 39.1. The van der Waals surface area contributed by atoms with Gasteiger partial charge in [-0.25, -0.2) is 4.79 Å². The fourth-order valence-electron chi connectivity index (χ4n) is 4.51. The third-order valence-corrected chi connectivity index (χ3v) is 7.47. The number of nitrogens with zero attached hydrogens (tertiary/aromatic N) is 2. The van der Waals surface area contributed by atoms with Crippen LogP contribution in [0.15, 0.2) is 58.2 Å². The molecular weight excluding hydrogens is 496 g/mol. The molecule has 3 aromatic rings. The standard InChI is InChI=1S/C26H28N4O6S/c1-35-19-5-2-16-3-7-25(33)30(22(16)11-19)13-18(31)12-27-9-8-20-14-29(26(34)36-20)17-4-6-23-21(10-17)28-24(32)15-37-23/h2-7,10-11,18,20,27,31H,8-9,12-15H2,1H3,(H,28,32)/t18-,20+/m0/s1. The van der Waals surface area contributed by atoms with Crippen molar-refractivity contribution in [1.29, 1.82) is 0 Å². The van der Waals surface area contributed by atoms with Gasteiger partial charge in [0.25, 0.3) is 5.56 Å². The van der Waals surface area contributed by atoms with Crippen LogP contribution in [0.1, 0.15) is 6.42 Å². The first-order valence-electron chi connectivity index (χ1n) is 12.0. The van der Waals surface area contributed by atoms with Crippen LogP contribution in [-0.2, 0) is 16.1 Å². The lowest BCUT2D eigenvalue weighted by atomic mass is 10.2. The monoisotopic (exact) mass is 524 g/mol. The van der Waals surface area contributed by atoms with Gasteiger partial charge < -0.3 is 29.8 Å². The average molecular weight is 525 g/mol. The normalized spacial score (nSPS) is 17.9. The van der Waals surface area contributed by atoms with Crippen LogP contribution < -0.4 is 25.8 Å². The summed E-state index contributed by atoms with van der Waals surface area (Å²) in [6, 6.07) is 14.3. The molecule has 2 aliphatic heterocycles. The molecule has 2 aliphatic rings. The van der Waals surface area contributed by atoms with Crippen LogP contribution in [0, 0.1) is 0 Å². The maximum Gasteiger partial charge on any atom is 0.414 e. The van der Waals surface area contributed by atoms with Gasteiger partial charge in [-0.05, 0) is 54.8 Å². The van der Waals surface area contributed by atoms with Crippen molar-refractivity contribution >= 4 is 46.0 Å². The number of anilines is 2. The summed E-state index contributed by atoms with van der Waals surface area (Å²) in [6.07, 6.45) is -0.950. The van der Waals surface area contributed by atoms with Gasteiger partial charge in [-0.3, -0.25) is 14.5 Å². The van der Waals surface area contributed by atoms with Gasteiger partial charge in [0.15, 0.2) is 0 Å². The maximum atomic E-state index is 12.5. The van der Waals surface area contributed by atoms with Gasteiger partial charge in [-0.15, -0.1) is 11.8 Å². The zero-order chi connectivity index (χ0) is 25.9. The second kappa shape index (κ2) is 10.8. The number of rotatable bonds is 9. The van der Waals surface area contributed by atoms with E-state index in [4.69, 9.17) is 9.47 Å². The van der Waals surface area contributed by atoms with E-state index in [1.54, 1.807) is 34.8 Å². The Morgan fingerprint density at radius 3 is 2.86 bits per heavy atom. The number of carbonyl (C=O) groups excluding carboxylic acids is 2. The molecule has 0 radical (unpaired) electrons. The van der Waals surface area contributed by atoms with Crippen molar-refractivity contribution in [1.82, 2.24) is 9.88 Å². The molecule has 10 nitrogen and oxygen atoms in total. The first-order chi connectivity index (χ1) is 17.9. The van der Waals surface area contributed by atoms with Gasteiger partial charge >= 0.3 is 6.09 Å². The molecule has 0 bridgehead atoms. The molecule has 1 saturated heterocycles. The lowest BCUT2D eigenvalue weighted by Gasteiger charge is -2.20. The summed E-state index contributed by atoms with van der Waals surface area (Å²) in [5.74, 6) is 0.962. The molecule has 0 spiro atoms. The number of fused-ring (bicyclic) bond motifs is 2. The first-order valence-corrected chi connectivity index (χ1v) is 13.0. The Morgan fingerprint density at radius 1 is 1.19 bits per heavy atom. The molecule has 2 atom stereocenters. The summed E-state index contributed by atoms with van der Waals surface area (Å²) >= 11 is 1.47. The predicted molar refractivity (Wildman–Crippen MR) is 142 cm³/mol. The van der Waals surface area contributed by atoms with Crippen molar-refractivity contribution in [2.24, 2.45) is 0 Å². The van der Waals surface area contributed by atoms with Crippen LogP contribution in [-0.4, -0.2) is 66.4 Å². The predicted octanol–water partition coefficient (Wildman–Crippen LogP) is 2.42. The molecule has 3 N–H and O–H groups in total. The van der Waals surface area contributed by atoms with Crippen molar-refractivity contribution < 1.29 is 24.2 Å². The highest BCUT2D eigenvalue weighted by Crippen LogP contribution is 2.35. The van der Waals surface area contributed by atoms with Crippen LogP contribution in [0.3, 0.4) is 0 Å². The van der Waals surface area contributed by atoms with E-state index in [-0.39, 0.29) is 30.7 Å². The van der Waals surface area contributed by atoms with Gasteiger partial charge in [-0.2, -0.15) is 0 Å². The zero-order valence-corrected chi connectivity index (χ0v) is 21.1. The molecule has 5 rings (SSSR count). The van der Waals surface area contributed by atoms with Crippen molar-refractivity contribution in [2.75, 3.05) is 42.7 Å². The SMILES string of the molecule is COc1ccc2ccc(=O)n(C[C@@H](O)CNCC[C@@H]3CN(c4ccc5c(c4)NC(=O)CS5)C(=O)O3)c2c1. The minimum Gasteiger partial charge on any atom is -0.497 e. The highest BCUT2D eigenvalue weighted by Gasteiger charge is 2.32. The molecule has 3 heterocycles. The number of cyclic esters (lactones) is 1. The van der Waals surface area contributed by atoms with Crippen molar-refractivity contribution in [2.45, 2.75) is 30.1 Å². The lowest BCUT2D eigenvalue weighted by Crippen LogP contribution is -2.35. The Morgan fingerprint density at radius 2 is 2.03 bits per heavy atom. The number of aliphatic hydroxyl groups excluding tert-OH is 1. The third kappa shape index (κ3) is 5.58. The topological polar surface area (TPSA) is 122 Å². The van der Waals surface area contributed by atoms with Crippen molar-refractivity contribution in [3.05, 3.63) is 58.9 Å². The number of carbonyl (C=O) groups is 2. The highest BCUT2D eigenvalue weighted by atomic mass is 32.2. The molecule has 0 aliphatic carbocycles. The number of pyridine rings is 1. The summed E-state index contributed by atoms with van der Waals surface area (Å²) in [5, 5.41) is 17.5. The molecule has 2 aromatic carbocycles. The number of methoxy groups -OCH3 is 1. The number of amides is 2. The van der Waals surface area contributed by atoms with Crippen LogP contribution >= 0.6 is 11.8 Å². The second-order valence-electron chi connectivity index (χ2n) is 8.99. The molecule has 0 saturated carbocycles. The number of hydrogen-bond acceptors (Lipinski definition) is 8. The minimum absolute atomic E-state index is 0.0603. The summed E-state index contributed by atoms with van der Waals surface area (Å²) in [5.41, 5.74) is 1.88. The molecular formula is C26H28N4O6S. The summed E-state index contributed by atoms with van der Waals surface area (Å²) in [7, 11) is 1.57. The molecule has 37 heavy (non-hydrogen) atoms. The van der Waals surface area contributed by atoms with Gasteiger partial charge in [0, 0.05) is 29.3 Å². The molecule has 194 valence electrons. The largest absolute Gasteiger partial charge is 0.497 e. The number of benzene rings is 2. The number of nitrogens with one attached hydrogen (secondary N) is 2. The second-order valence-corrected chi connectivity index (χ2v) is 10.0. The average Bonchev–Trinajstić information content (AvgIpc) is 3.27. The molecule has 1 fully saturated rings. The molecule has 11 heteroatoms. The Bertz CT molecular complexity index is 1390. The van der Waals surface area contributed by atoms with Gasteiger partial charge in [0.1, 0.15) is 11.9 Å². The number of ether oxygens (including phenoxy) is 2. The fourth-order valence-corrected chi connectivity index (χ4v) is 5.30. The van der Waals surface area contributed by atoms with E-state index in [1.165, 1.54) is 17.8 Å². The van der Waals surface area contributed by atoms with E-state index in [0.29, 0.717) is 47.9 Å². The minimum atomic E-state index is -0.791. The van der Waals surface area contributed by atoms with E-state index < -0.39 is 12.2 Å². The van der Waals surface area contributed by atoms with Gasteiger partial charge in [-0.1, -0.05) is 0 Å². The van der Waals surface area contributed by atoms with Gasteiger partial charge in [0.05, 0.1) is 43.3 Å². The summed E-state index contributed by atoms with van der Waals surface area (Å²) in [6.45, 7) is 1.34. The van der Waals surface area contributed by atoms with Crippen LogP contribution in [0.5, 0.6) is 5.75 Å². The van der Waals surface area contributed by atoms with Crippen molar-refractivity contribution in [3.8, 4) is 5.75 Å². The van der Waals surface area contributed by atoms with E-state index in [1.807, 2.05) is 24.3 Å². The van der Waals surface area contributed by atoms with Gasteiger partial charge in [0.2, 0.25) is 5.91 Å². The van der Waals surface area contributed by atoms with E-state index >= 15 is 0 Å². The lowest BCUT2D eigenvalue weighted by molar-refractivity contribution is -0.113. The quantitative estimate of drug-likeness (QED) is 0.365. The molecule has 1 aromatic heterocycles. The van der Waals surface area contributed by atoms with Crippen LogP contribution in [0.2, 0.25) is 0 Å². The Kier molecular flexibility index (Phi) is 7.36. The van der Waals surface area contributed by atoms with E-state index in [2.05, 4.69) is 10.6 Å². The molecule has 0 unspecified atom stereocenters. The number of hydrogen-bond donors (Lipinski definition) is 3. The summed E-state index contributed by atoms with van der Waals surface area (Å²) < 4.78 is 12.3. The third-order valence-electron chi connectivity index (χ3n) is 6.40. The number of aliphatic hydroxyl groups is 1. The van der Waals surface area contributed by atoms with E-state index in [0.717, 1.165) is 10.3 Å². The number of thioether (sulfide) groups is 1. The maximum absolute atomic E-state index is 12.5.